The lowest BCUT2D eigenvalue weighted by molar-refractivity contribution is 0.0320. The smallest absolute Gasteiger partial charge is 0.214 e. The molecule has 2 fully saturated rings. The number of pyridine rings is 1. The van der Waals surface area contributed by atoms with Gasteiger partial charge in [-0.3, -0.25) is 14.4 Å². The number of nitrogens with zero attached hydrogens (tertiary/aromatic N) is 4. The van der Waals surface area contributed by atoms with Gasteiger partial charge in [-0.15, -0.1) is 0 Å². The molecule has 1 aliphatic heterocycles. The maximum absolute atomic E-state index is 11.8. The first-order chi connectivity index (χ1) is 16.8. The highest BCUT2D eigenvalue weighted by Gasteiger charge is 2.25. The second-order valence-electron chi connectivity index (χ2n) is 9.30. The zero-order chi connectivity index (χ0) is 23.2. The van der Waals surface area contributed by atoms with Crippen molar-refractivity contribution in [1.29, 1.82) is 0 Å². The molecule has 0 unspecified atom stereocenters. The predicted molar refractivity (Wildman–Crippen MR) is 128 cm³/mol. The third-order valence-electron chi connectivity index (χ3n) is 7.14. The summed E-state index contributed by atoms with van der Waals surface area (Å²) in [6, 6.07) is 4.34. The summed E-state index contributed by atoms with van der Waals surface area (Å²) >= 11 is 0. The van der Waals surface area contributed by atoms with Crippen LogP contribution in [0.3, 0.4) is 0 Å². The molecule has 0 N–H and O–H groups in total. The number of hydrogen-bond donors (Lipinski definition) is 0. The molecule has 2 aromatic heterocycles. The number of ether oxygens (including phenoxy) is 3. The summed E-state index contributed by atoms with van der Waals surface area (Å²) in [6.45, 7) is 5.17. The van der Waals surface area contributed by atoms with Crippen molar-refractivity contribution in [2.45, 2.75) is 51.0 Å². The van der Waals surface area contributed by atoms with Gasteiger partial charge < -0.3 is 14.2 Å². The number of aldehydes is 1. The fourth-order valence-electron chi connectivity index (χ4n) is 4.91. The van der Waals surface area contributed by atoms with Gasteiger partial charge in [0.1, 0.15) is 19.0 Å². The van der Waals surface area contributed by atoms with Crippen LogP contribution in [0.15, 0.2) is 30.1 Å². The van der Waals surface area contributed by atoms with Crippen LogP contribution in [0.4, 0.5) is 0 Å². The van der Waals surface area contributed by atoms with Crippen molar-refractivity contribution in [3.05, 3.63) is 41.4 Å². The molecule has 1 saturated heterocycles. The number of hydrogen-bond acceptors (Lipinski definition) is 7. The molecule has 0 bridgehead atoms. The van der Waals surface area contributed by atoms with Crippen molar-refractivity contribution in [2.75, 3.05) is 46.1 Å². The van der Waals surface area contributed by atoms with Crippen LogP contribution >= 0.6 is 0 Å². The Hall–Kier alpha value is -2.71. The van der Waals surface area contributed by atoms with Gasteiger partial charge in [0.25, 0.3) is 0 Å². The van der Waals surface area contributed by atoms with E-state index in [0.29, 0.717) is 36.4 Å². The van der Waals surface area contributed by atoms with Crippen LogP contribution in [0, 0.1) is 0 Å². The lowest BCUT2D eigenvalue weighted by Crippen LogP contribution is -2.38. The molecule has 8 nitrogen and oxygen atoms in total. The highest BCUT2D eigenvalue weighted by atomic mass is 16.5. The Labute approximate surface area is 200 Å². The van der Waals surface area contributed by atoms with Crippen molar-refractivity contribution in [2.24, 2.45) is 0 Å². The fourth-order valence-corrected chi connectivity index (χ4v) is 4.91. The molecule has 3 aliphatic rings. The van der Waals surface area contributed by atoms with Crippen LogP contribution < -0.4 is 9.47 Å². The van der Waals surface area contributed by atoms with E-state index in [2.05, 4.69) is 25.7 Å². The minimum Gasteiger partial charge on any atom is -0.487 e. The van der Waals surface area contributed by atoms with E-state index in [0.717, 1.165) is 58.4 Å². The molecule has 0 atom stereocenters. The summed E-state index contributed by atoms with van der Waals surface area (Å²) in [5.74, 6) is 0.949. The molecule has 3 heterocycles. The molecule has 5 rings (SSSR count). The first-order valence-electron chi connectivity index (χ1n) is 12.6. The van der Waals surface area contributed by atoms with Gasteiger partial charge in [0, 0.05) is 31.9 Å². The number of carbonyl (C=O) groups excluding carboxylic acids is 1. The van der Waals surface area contributed by atoms with Crippen molar-refractivity contribution < 1.29 is 19.0 Å². The quantitative estimate of drug-likeness (QED) is 0.491. The van der Waals surface area contributed by atoms with Crippen molar-refractivity contribution >= 4 is 11.9 Å². The third-order valence-corrected chi connectivity index (χ3v) is 7.14. The van der Waals surface area contributed by atoms with E-state index in [4.69, 9.17) is 14.2 Å². The van der Waals surface area contributed by atoms with Crippen LogP contribution in [0.25, 0.3) is 5.57 Å². The summed E-state index contributed by atoms with van der Waals surface area (Å²) in [6.07, 6.45) is 12.5. The lowest BCUT2D eigenvalue weighted by atomic mass is 9.88. The van der Waals surface area contributed by atoms with E-state index in [1.807, 2.05) is 6.20 Å². The molecule has 2 aromatic rings. The Kier molecular flexibility index (Phi) is 7.56. The van der Waals surface area contributed by atoms with E-state index in [1.54, 1.807) is 12.3 Å². The summed E-state index contributed by atoms with van der Waals surface area (Å²) in [5, 5.41) is 4.62. The Balaban J connectivity index is 1.23. The summed E-state index contributed by atoms with van der Waals surface area (Å²) < 4.78 is 19.5. The number of aromatic nitrogens is 3. The van der Waals surface area contributed by atoms with Crippen molar-refractivity contribution in [3.63, 3.8) is 0 Å². The van der Waals surface area contributed by atoms with Crippen LogP contribution in [0.2, 0.25) is 0 Å². The first-order valence-corrected chi connectivity index (χ1v) is 12.6. The minimum atomic E-state index is 0.449. The first kappa shape index (κ1) is 23.1. The van der Waals surface area contributed by atoms with Gasteiger partial charge in [0.2, 0.25) is 5.88 Å². The number of morpholine rings is 1. The average molecular weight is 467 g/mol. The van der Waals surface area contributed by atoms with E-state index in [-0.39, 0.29) is 0 Å². The normalized spacial score (nSPS) is 19.6. The number of allylic oxidation sites excluding steroid dienone is 1. The lowest BCUT2D eigenvalue weighted by Gasteiger charge is -2.29. The zero-order valence-electron chi connectivity index (χ0n) is 19.8. The van der Waals surface area contributed by atoms with Gasteiger partial charge in [-0.25, -0.2) is 4.98 Å². The second kappa shape index (κ2) is 11.1. The highest BCUT2D eigenvalue weighted by molar-refractivity contribution is 5.79. The molecule has 0 aromatic carbocycles. The monoisotopic (exact) mass is 466 g/mol. The topological polar surface area (TPSA) is 78.7 Å². The van der Waals surface area contributed by atoms with Crippen LogP contribution in [-0.4, -0.2) is 72.0 Å². The predicted octanol–water partition coefficient (Wildman–Crippen LogP) is 3.93. The molecule has 0 amide bonds. The van der Waals surface area contributed by atoms with Gasteiger partial charge in [0.05, 0.1) is 36.7 Å². The maximum Gasteiger partial charge on any atom is 0.214 e. The largest absolute Gasteiger partial charge is 0.487 e. The Morgan fingerprint density at radius 1 is 1.12 bits per heavy atom. The molecule has 2 aliphatic carbocycles. The second-order valence-corrected chi connectivity index (χ2v) is 9.30. The van der Waals surface area contributed by atoms with E-state index in [9.17, 15) is 4.79 Å². The highest BCUT2D eigenvalue weighted by Crippen LogP contribution is 2.38. The van der Waals surface area contributed by atoms with Gasteiger partial charge >= 0.3 is 0 Å². The Morgan fingerprint density at radius 3 is 2.76 bits per heavy atom. The van der Waals surface area contributed by atoms with Gasteiger partial charge in [-0.05, 0) is 62.2 Å². The summed E-state index contributed by atoms with van der Waals surface area (Å²) in [7, 11) is 0. The van der Waals surface area contributed by atoms with E-state index in [1.165, 1.54) is 42.5 Å². The Morgan fingerprint density at radius 2 is 1.97 bits per heavy atom. The third kappa shape index (κ3) is 5.33. The van der Waals surface area contributed by atoms with Gasteiger partial charge in [0.15, 0.2) is 6.29 Å². The molecule has 8 heteroatoms. The van der Waals surface area contributed by atoms with E-state index < -0.39 is 0 Å². The maximum atomic E-state index is 11.8. The number of rotatable bonds is 10. The zero-order valence-corrected chi connectivity index (χ0v) is 19.8. The molecule has 0 spiro atoms. The van der Waals surface area contributed by atoms with Gasteiger partial charge in [-0.2, -0.15) is 5.10 Å². The number of carbonyl (C=O) groups is 1. The van der Waals surface area contributed by atoms with Crippen molar-refractivity contribution in [1.82, 2.24) is 19.7 Å². The molecule has 182 valence electrons. The molecule has 0 radical (unpaired) electrons. The molecule has 34 heavy (non-hydrogen) atoms. The Bertz CT molecular complexity index is 1010. The standard InChI is InChI=1S/C26H34N4O4/c31-18-21-16-26(33-15-12-29-10-13-32-14-11-29)27-17-25(21)34-19-20-4-1-2-7-23(20)24-8-9-28-30(24)22-5-3-6-22/h8-9,16-18,22H,1-7,10-15,19H2. The summed E-state index contributed by atoms with van der Waals surface area (Å²) in [5.41, 5.74) is 4.36. The molecular formula is C26H34N4O4. The SMILES string of the molecule is O=Cc1cc(OCCN2CCOCC2)ncc1OCC1=C(c2ccnn2C2CCC2)CCCC1. The van der Waals surface area contributed by atoms with E-state index >= 15 is 0 Å². The van der Waals surface area contributed by atoms with Crippen LogP contribution in [0.1, 0.15) is 67.0 Å². The fraction of sp³-hybridized carbons (Fsp3) is 0.577. The average Bonchev–Trinajstić information content (AvgIpc) is 3.31. The van der Waals surface area contributed by atoms with Crippen LogP contribution in [-0.2, 0) is 4.74 Å². The molecule has 1 saturated carbocycles. The minimum absolute atomic E-state index is 0.449. The summed E-state index contributed by atoms with van der Waals surface area (Å²) in [4.78, 5) is 18.4. The van der Waals surface area contributed by atoms with Crippen LogP contribution in [0.5, 0.6) is 11.6 Å². The van der Waals surface area contributed by atoms with Gasteiger partial charge in [-0.1, -0.05) is 0 Å². The molecular weight excluding hydrogens is 432 g/mol. The van der Waals surface area contributed by atoms with Crippen molar-refractivity contribution in [3.8, 4) is 11.6 Å².